The van der Waals surface area contributed by atoms with E-state index in [1.165, 1.54) is 0 Å². The minimum atomic E-state index is -2.10. The van der Waals surface area contributed by atoms with Crippen LogP contribution in [0.3, 0.4) is 0 Å². The van der Waals surface area contributed by atoms with Crippen LogP contribution >= 0.6 is 0 Å². The summed E-state index contributed by atoms with van der Waals surface area (Å²) in [6, 6.07) is -1.66. The van der Waals surface area contributed by atoms with Crippen molar-refractivity contribution in [3.63, 3.8) is 0 Å². The minimum absolute atomic E-state index is 0.790. The molecule has 11 N–H and O–H groups in total. The van der Waals surface area contributed by atoms with Gasteiger partial charge in [-0.1, -0.05) is 0 Å². The van der Waals surface area contributed by atoms with Gasteiger partial charge < -0.3 is 80.1 Å². The summed E-state index contributed by atoms with van der Waals surface area (Å²) < 4.78 is 26.2. The van der Waals surface area contributed by atoms with Crippen molar-refractivity contribution in [3.05, 3.63) is 0 Å². The molecule has 3 rings (SSSR count). The second-order valence-corrected chi connectivity index (χ2v) is 9.15. The minimum Gasteiger partial charge on any atom is -0.479 e. The van der Waals surface area contributed by atoms with Crippen LogP contribution in [-0.4, -0.2) is 168 Å². The van der Waals surface area contributed by atoms with E-state index in [1.807, 2.05) is 0 Å². The molecular formula is C20H31NO18. The van der Waals surface area contributed by atoms with Crippen LogP contribution in [0.25, 0.3) is 0 Å². The van der Waals surface area contributed by atoms with Crippen LogP contribution in [0.1, 0.15) is 6.92 Å². The van der Waals surface area contributed by atoms with Crippen LogP contribution in [0.4, 0.5) is 0 Å². The summed E-state index contributed by atoms with van der Waals surface area (Å²) in [5, 5.41) is 102. The Morgan fingerprint density at radius 2 is 1.28 bits per heavy atom. The predicted molar refractivity (Wildman–Crippen MR) is 114 cm³/mol. The lowest BCUT2D eigenvalue weighted by atomic mass is 9.94. The number of nitrogens with one attached hydrogen (secondary N) is 1. The molecule has 19 heteroatoms. The topological polar surface area (TPSA) is 312 Å². The fraction of sp³-hybridized carbons (Fsp3) is 0.850. The van der Waals surface area contributed by atoms with Crippen molar-refractivity contribution in [1.29, 1.82) is 0 Å². The van der Waals surface area contributed by atoms with E-state index in [9.17, 15) is 65.4 Å². The highest BCUT2D eigenvalue weighted by Crippen LogP contribution is 2.32. The molecule has 3 fully saturated rings. The number of aliphatic carboxylic acids is 2. The maximum absolute atomic E-state index is 11.9. The number of aliphatic hydroxyl groups is 8. The van der Waals surface area contributed by atoms with Gasteiger partial charge in [0.2, 0.25) is 5.91 Å². The monoisotopic (exact) mass is 573 g/mol. The van der Waals surface area contributed by atoms with Gasteiger partial charge in [-0.25, -0.2) is 9.59 Å². The number of carbonyl (C=O) groups excluding carboxylic acids is 1. The lowest BCUT2D eigenvalue weighted by Gasteiger charge is -2.48. The second kappa shape index (κ2) is 12.6. The Kier molecular flexibility index (Phi) is 10.1. The number of rotatable bonds is 8. The molecule has 0 radical (unpaired) electrons. The quantitative estimate of drug-likeness (QED) is 0.128. The summed E-state index contributed by atoms with van der Waals surface area (Å²) in [6.45, 7) is 0.0534. The number of aliphatic hydroxyl groups excluding tert-OH is 8. The van der Waals surface area contributed by atoms with Gasteiger partial charge in [0.25, 0.3) is 0 Å². The summed E-state index contributed by atoms with van der Waals surface area (Å²) >= 11 is 0. The van der Waals surface area contributed by atoms with Gasteiger partial charge in [0, 0.05) is 6.92 Å². The van der Waals surface area contributed by atoms with Crippen molar-refractivity contribution in [2.75, 3.05) is 6.61 Å². The van der Waals surface area contributed by atoms with Crippen molar-refractivity contribution in [2.24, 2.45) is 0 Å². The third-order valence-corrected chi connectivity index (χ3v) is 6.42. The van der Waals surface area contributed by atoms with Crippen LogP contribution in [0.15, 0.2) is 0 Å². The molecule has 0 aromatic rings. The first-order valence-electron chi connectivity index (χ1n) is 11.6. The predicted octanol–water partition coefficient (Wildman–Crippen LogP) is -7.24. The molecule has 0 unspecified atom stereocenters. The Bertz CT molecular complexity index is 891. The number of carboxylic acids is 2. The van der Waals surface area contributed by atoms with Crippen LogP contribution in [-0.2, 0) is 38.1 Å². The molecule has 3 aliphatic heterocycles. The standard InChI is InChI=1S/C20H31NO18/c1-3(23)21-5-6(24)12(37-20-11(29)7(25)8(26)14(39-20)16(30)31)4(2-22)35-19(5)38-13-9(27)10(28)18(34)36-15(13)17(32)33/h4-15,18-20,22,24-29,34H,2H2,1H3,(H,21,23)(H,30,31)(H,32,33)/t4-,5-,6-,7+,8+,9-,10-,11-,12-,13+,14-,15+,18-,19-,20-/m1/s1. The second-order valence-electron chi connectivity index (χ2n) is 9.15. The summed E-state index contributed by atoms with van der Waals surface area (Å²) in [5.41, 5.74) is 0. The van der Waals surface area contributed by atoms with Crippen molar-refractivity contribution < 1.29 is 89.1 Å². The molecule has 0 spiro atoms. The number of hydrogen-bond donors (Lipinski definition) is 11. The largest absolute Gasteiger partial charge is 0.479 e. The molecule has 39 heavy (non-hydrogen) atoms. The van der Waals surface area contributed by atoms with Gasteiger partial charge in [-0.2, -0.15) is 0 Å². The van der Waals surface area contributed by atoms with E-state index < -0.39 is 117 Å². The SMILES string of the molecule is CC(=O)N[C@H]1[C@@H](O[C@H]2[C@H](O)[C@@H](O)[C@H](O)O[C@@H]2C(=O)O)O[C@H](CO)[C@@H](O[C@@H]2O[C@@H](C(=O)O)[C@@H](O)[C@H](O)[C@H]2O)[C@@H]1O. The molecular weight excluding hydrogens is 542 g/mol. The van der Waals surface area contributed by atoms with Gasteiger partial charge >= 0.3 is 11.9 Å². The first-order chi connectivity index (χ1) is 18.2. The third kappa shape index (κ3) is 6.46. The van der Waals surface area contributed by atoms with Crippen molar-refractivity contribution in [3.8, 4) is 0 Å². The molecule has 0 aromatic heterocycles. The maximum atomic E-state index is 11.9. The zero-order valence-electron chi connectivity index (χ0n) is 20.1. The molecule has 224 valence electrons. The van der Waals surface area contributed by atoms with E-state index in [0.29, 0.717) is 0 Å². The summed E-state index contributed by atoms with van der Waals surface area (Å²) in [7, 11) is 0. The van der Waals surface area contributed by atoms with Gasteiger partial charge in [-0.15, -0.1) is 0 Å². The number of hydrogen-bond acceptors (Lipinski definition) is 16. The highest BCUT2D eigenvalue weighted by Gasteiger charge is 2.55. The molecule has 3 saturated heterocycles. The summed E-state index contributed by atoms with van der Waals surface area (Å²) in [4.78, 5) is 34.9. The molecule has 3 heterocycles. The first kappa shape index (κ1) is 31.4. The van der Waals surface area contributed by atoms with E-state index in [0.717, 1.165) is 6.92 Å². The number of carbonyl (C=O) groups is 3. The first-order valence-corrected chi connectivity index (χ1v) is 11.6. The fourth-order valence-corrected chi connectivity index (χ4v) is 4.41. The fourth-order valence-electron chi connectivity index (χ4n) is 4.41. The number of ether oxygens (including phenoxy) is 5. The molecule has 19 nitrogen and oxygen atoms in total. The van der Waals surface area contributed by atoms with Gasteiger partial charge in [-0.05, 0) is 0 Å². The third-order valence-electron chi connectivity index (χ3n) is 6.42. The Morgan fingerprint density at radius 3 is 1.82 bits per heavy atom. The summed E-state index contributed by atoms with van der Waals surface area (Å²) in [5.74, 6) is -4.24. The zero-order chi connectivity index (χ0) is 29.3. The van der Waals surface area contributed by atoms with E-state index >= 15 is 0 Å². The van der Waals surface area contributed by atoms with Gasteiger partial charge in [0.05, 0.1) is 6.61 Å². The highest BCUT2D eigenvalue weighted by atomic mass is 16.7. The average molecular weight is 573 g/mol. The smallest absolute Gasteiger partial charge is 0.335 e. The normalized spacial score (nSPS) is 46.8. The Labute approximate surface area is 218 Å². The van der Waals surface area contributed by atoms with Crippen LogP contribution in [0.2, 0.25) is 0 Å². The van der Waals surface area contributed by atoms with Crippen LogP contribution < -0.4 is 5.32 Å². The van der Waals surface area contributed by atoms with E-state index in [4.69, 9.17) is 23.7 Å². The maximum Gasteiger partial charge on any atom is 0.335 e. The average Bonchev–Trinajstić information content (AvgIpc) is 2.86. The lowest BCUT2D eigenvalue weighted by molar-refractivity contribution is -0.360. The van der Waals surface area contributed by atoms with Crippen molar-refractivity contribution in [2.45, 2.75) is 99.0 Å². The number of amides is 1. The highest BCUT2D eigenvalue weighted by molar-refractivity contribution is 5.74. The van der Waals surface area contributed by atoms with Crippen LogP contribution in [0.5, 0.6) is 0 Å². The molecule has 0 aromatic carbocycles. The lowest BCUT2D eigenvalue weighted by Crippen LogP contribution is -2.69. The summed E-state index contributed by atoms with van der Waals surface area (Å²) in [6.07, 6.45) is -27.6. The molecule has 1 amide bonds. The van der Waals surface area contributed by atoms with Crippen molar-refractivity contribution in [1.82, 2.24) is 5.32 Å². The van der Waals surface area contributed by atoms with Gasteiger partial charge in [0.15, 0.2) is 31.1 Å². The zero-order valence-corrected chi connectivity index (χ0v) is 20.1. The molecule has 3 aliphatic rings. The Balaban J connectivity index is 1.87. The molecule has 0 saturated carbocycles. The molecule has 0 aliphatic carbocycles. The van der Waals surface area contributed by atoms with Crippen LogP contribution in [0, 0.1) is 0 Å². The number of carboxylic acid groups (broad SMARTS) is 2. The van der Waals surface area contributed by atoms with Gasteiger partial charge in [0.1, 0.15) is 61.0 Å². The Hall–Kier alpha value is -2.11. The Morgan fingerprint density at radius 1 is 0.692 bits per heavy atom. The molecule has 0 bridgehead atoms. The molecule has 15 atom stereocenters. The van der Waals surface area contributed by atoms with E-state index in [2.05, 4.69) is 5.32 Å². The van der Waals surface area contributed by atoms with Crippen molar-refractivity contribution >= 4 is 17.8 Å². The van der Waals surface area contributed by atoms with Gasteiger partial charge in [-0.3, -0.25) is 4.79 Å². The van der Waals surface area contributed by atoms with E-state index in [1.54, 1.807) is 0 Å². The van der Waals surface area contributed by atoms with E-state index in [-0.39, 0.29) is 0 Å².